The summed E-state index contributed by atoms with van der Waals surface area (Å²) in [5.74, 6) is -0.128. The van der Waals surface area contributed by atoms with E-state index < -0.39 is 5.95 Å². The van der Waals surface area contributed by atoms with Crippen LogP contribution in [0.1, 0.15) is 37.0 Å². The first-order valence-corrected chi connectivity index (χ1v) is 5.49. The van der Waals surface area contributed by atoms with Crippen LogP contribution in [0.2, 0.25) is 0 Å². The zero-order chi connectivity index (χ0) is 12.0. The SMILES string of the molecule is CC(C)CCCNC(=O)c1ccc(F)nc1. The van der Waals surface area contributed by atoms with Crippen molar-refractivity contribution in [3.05, 3.63) is 29.8 Å². The van der Waals surface area contributed by atoms with Crippen LogP contribution in [0.15, 0.2) is 18.3 Å². The van der Waals surface area contributed by atoms with Crippen molar-refractivity contribution in [1.29, 1.82) is 0 Å². The summed E-state index contributed by atoms with van der Waals surface area (Å²) in [7, 11) is 0. The second-order valence-corrected chi connectivity index (χ2v) is 4.16. The predicted molar refractivity (Wildman–Crippen MR) is 60.6 cm³/mol. The number of halogens is 1. The van der Waals surface area contributed by atoms with Gasteiger partial charge in [-0.15, -0.1) is 0 Å². The fourth-order valence-corrected chi connectivity index (χ4v) is 1.32. The van der Waals surface area contributed by atoms with Crippen LogP contribution in [-0.4, -0.2) is 17.4 Å². The van der Waals surface area contributed by atoms with Gasteiger partial charge in [0, 0.05) is 12.7 Å². The second-order valence-electron chi connectivity index (χ2n) is 4.16. The van der Waals surface area contributed by atoms with E-state index in [1.165, 1.54) is 18.3 Å². The minimum absolute atomic E-state index is 0.198. The molecule has 1 amide bonds. The highest BCUT2D eigenvalue weighted by molar-refractivity contribution is 5.93. The van der Waals surface area contributed by atoms with E-state index in [0.717, 1.165) is 12.8 Å². The molecule has 0 radical (unpaired) electrons. The number of amides is 1. The summed E-state index contributed by atoms with van der Waals surface area (Å²) in [5, 5.41) is 2.77. The third kappa shape index (κ3) is 4.38. The van der Waals surface area contributed by atoms with Gasteiger partial charge in [-0.3, -0.25) is 4.79 Å². The first-order valence-electron chi connectivity index (χ1n) is 5.49. The molecule has 0 aliphatic heterocycles. The summed E-state index contributed by atoms with van der Waals surface area (Å²) < 4.78 is 12.5. The molecule has 0 unspecified atom stereocenters. The number of rotatable bonds is 5. The number of pyridine rings is 1. The molecule has 16 heavy (non-hydrogen) atoms. The molecule has 1 heterocycles. The average Bonchev–Trinajstić information content (AvgIpc) is 2.25. The minimum atomic E-state index is -0.573. The van der Waals surface area contributed by atoms with E-state index >= 15 is 0 Å². The number of nitrogens with zero attached hydrogens (tertiary/aromatic N) is 1. The topological polar surface area (TPSA) is 42.0 Å². The standard InChI is InChI=1S/C12H17FN2O/c1-9(2)4-3-7-14-12(16)10-5-6-11(13)15-8-10/h5-6,8-9H,3-4,7H2,1-2H3,(H,14,16). The van der Waals surface area contributed by atoms with Crippen molar-refractivity contribution < 1.29 is 9.18 Å². The van der Waals surface area contributed by atoms with Crippen LogP contribution < -0.4 is 5.32 Å². The summed E-state index contributed by atoms with van der Waals surface area (Å²) in [6.45, 7) is 4.94. The highest BCUT2D eigenvalue weighted by atomic mass is 19.1. The maximum atomic E-state index is 12.5. The normalized spacial score (nSPS) is 10.5. The third-order valence-corrected chi connectivity index (χ3v) is 2.23. The van der Waals surface area contributed by atoms with Crippen LogP contribution in [0.4, 0.5) is 4.39 Å². The molecule has 0 bridgehead atoms. The summed E-state index contributed by atoms with van der Waals surface area (Å²) in [5.41, 5.74) is 0.394. The molecule has 0 saturated heterocycles. The molecule has 0 spiro atoms. The van der Waals surface area contributed by atoms with Crippen LogP contribution in [0.3, 0.4) is 0 Å². The van der Waals surface area contributed by atoms with Gasteiger partial charge in [0.15, 0.2) is 0 Å². The second kappa shape index (κ2) is 6.20. The third-order valence-electron chi connectivity index (χ3n) is 2.23. The maximum absolute atomic E-state index is 12.5. The minimum Gasteiger partial charge on any atom is -0.352 e. The van der Waals surface area contributed by atoms with Gasteiger partial charge in [-0.2, -0.15) is 4.39 Å². The van der Waals surface area contributed by atoms with Gasteiger partial charge < -0.3 is 5.32 Å². The van der Waals surface area contributed by atoms with E-state index in [0.29, 0.717) is 18.0 Å². The number of nitrogens with one attached hydrogen (secondary N) is 1. The molecule has 0 aromatic carbocycles. The Labute approximate surface area is 95.1 Å². The Balaban J connectivity index is 2.32. The summed E-state index contributed by atoms with van der Waals surface area (Å²) in [6, 6.07) is 2.61. The molecular weight excluding hydrogens is 207 g/mol. The van der Waals surface area contributed by atoms with Gasteiger partial charge in [0.1, 0.15) is 0 Å². The summed E-state index contributed by atoms with van der Waals surface area (Å²) in [4.78, 5) is 15.0. The van der Waals surface area contributed by atoms with Crippen LogP contribution in [0, 0.1) is 11.9 Å². The molecule has 0 aliphatic rings. The van der Waals surface area contributed by atoms with Gasteiger partial charge >= 0.3 is 0 Å². The lowest BCUT2D eigenvalue weighted by Crippen LogP contribution is -2.24. The van der Waals surface area contributed by atoms with E-state index in [1.807, 2.05) is 0 Å². The molecule has 1 N–H and O–H groups in total. The first kappa shape index (κ1) is 12.6. The number of hydrogen-bond donors (Lipinski definition) is 1. The molecule has 1 aromatic heterocycles. The number of carbonyl (C=O) groups excluding carboxylic acids is 1. The number of aromatic nitrogens is 1. The molecule has 0 atom stereocenters. The van der Waals surface area contributed by atoms with E-state index in [-0.39, 0.29) is 5.91 Å². The van der Waals surface area contributed by atoms with E-state index in [9.17, 15) is 9.18 Å². The Morgan fingerprint density at radius 2 is 2.25 bits per heavy atom. The van der Waals surface area contributed by atoms with Crippen molar-refractivity contribution in [2.75, 3.05) is 6.54 Å². The highest BCUT2D eigenvalue weighted by Crippen LogP contribution is 2.03. The smallest absolute Gasteiger partial charge is 0.252 e. The van der Waals surface area contributed by atoms with Crippen LogP contribution in [-0.2, 0) is 0 Å². The Hall–Kier alpha value is -1.45. The zero-order valence-corrected chi connectivity index (χ0v) is 9.66. The van der Waals surface area contributed by atoms with Crippen LogP contribution in [0.25, 0.3) is 0 Å². The molecule has 1 aromatic rings. The molecule has 88 valence electrons. The van der Waals surface area contributed by atoms with Crippen LogP contribution >= 0.6 is 0 Å². The molecule has 0 fully saturated rings. The lowest BCUT2D eigenvalue weighted by molar-refractivity contribution is 0.0952. The van der Waals surface area contributed by atoms with Crippen LogP contribution in [0.5, 0.6) is 0 Å². The summed E-state index contributed by atoms with van der Waals surface area (Å²) >= 11 is 0. The average molecular weight is 224 g/mol. The number of hydrogen-bond acceptors (Lipinski definition) is 2. The highest BCUT2D eigenvalue weighted by Gasteiger charge is 2.05. The fraction of sp³-hybridized carbons (Fsp3) is 0.500. The van der Waals surface area contributed by atoms with Crippen molar-refractivity contribution in [3.63, 3.8) is 0 Å². The van der Waals surface area contributed by atoms with Gasteiger partial charge in [-0.05, 0) is 30.9 Å². The fourth-order valence-electron chi connectivity index (χ4n) is 1.32. The molecule has 3 nitrogen and oxygen atoms in total. The summed E-state index contributed by atoms with van der Waals surface area (Å²) in [6.07, 6.45) is 3.28. The molecular formula is C12H17FN2O. The van der Waals surface area contributed by atoms with E-state index in [4.69, 9.17) is 0 Å². The van der Waals surface area contributed by atoms with Crippen molar-refractivity contribution in [2.45, 2.75) is 26.7 Å². The van der Waals surface area contributed by atoms with Crippen molar-refractivity contribution in [2.24, 2.45) is 5.92 Å². The quantitative estimate of drug-likeness (QED) is 0.616. The molecule has 0 saturated carbocycles. The Kier molecular flexibility index (Phi) is 4.89. The van der Waals surface area contributed by atoms with E-state index in [2.05, 4.69) is 24.1 Å². The Morgan fingerprint density at radius 1 is 1.50 bits per heavy atom. The molecule has 0 aliphatic carbocycles. The zero-order valence-electron chi connectivity index (χ0n) is 9.66. The van der Waals surface area contributed by atoms with Gasteiger partial charge in [-0.25, -0.2) is 4.98 Å². The van der Waals surface area contributed by atoms with Gasteiger partial charge in [0.2, 0.25) is 5.95 Å². The van der Waals surface area contributed by atoms with Crippen molar-refractivity contribution in [1.82, 2.24) is 10.3 Å². The Bertz CT molecular complexity index is 335. The van der Waals surface area contributed by atoms with Gasteiger partial charge in [-0.1, -0.05) is 13.8 Å². The predicted octanol–water partition coefficient (Wildman–Crippen LogP) is 2.39. The first-order chi connectivity index (χ1) is 7.59. The number of carbonyl (C=O) groups is 1. The Morgan fingerprint density at radius 3 is 2.81 bits per heavy atom. The monoisotopic (exact) mass is 224 g/mol. The maximum Gasteiger partial charge on any atom is 0.252 e. The van der Waals surface area contributed by atoms with Gasteiger partial charge in [0.05, 0.1) is 5.56 Å². The van der Waals surface area contributed by atoms with Gasteiger partial charge in [0.25, 0.3) is 5.91 Å². The lowest BCUT2D eigenvalue weighted by atomic mass is 10.1. The van der Waals surface area contributed by atoms with Crippen molar-refractivity contribution >= 4 is 5.91 Å². The largest absolute Gasteiger partial charge is 0.352 e. The van der Waals surface area contributed by atoms with Crippen molar-refractivity contribution in [3.8, 4) is 0 Å². The molecule has 4 heteroatoms. The lowest BCUT2D eigenvalue weighted by Gasteiger charge is -2.06. The molecule has 1 rings (SSSR count). The van der Waals surface area contributed by atoms with E-state index in [1.54, 1.807) is 0 Å².